The quantitative estimate of drug-likeness (QED) is 0.580. The van der Waals surface area contributed by atoms with Crippen molar-refractivity contribution in [1.82, 2.24) is 29.8 Å². The first-order valence-corrected chi connectivity index (χ1v) is 9.79. The second kappa shape index (κ2) is 6.97. The van der Waals surface area contributed by atoms with Gasteiger partial charge in [-0.3, -0.25) is 10.1 Å². The van der Waals surface area contributed by atoms with Crippen molar-refractivity contribution in [2.45, 2.75) is 26.8 Å². The molecule has 0 bridgehead atoms. The third-order valence-corrected chi connectivity index (χ3v) is 5.32. The molecular formula is C21H23N7O. The van der Waals surface area contributed by atoms with Gasteiger partial charge in [-0.2, -0.15) is 5.10 Å². The second-order valence-electron chi connectivity index (χ2n) is 7.52. The molecule has 1 aliphatic rings. The Morgan fingerprint density at radius 2 is 2.00 bits per heavy atom. The molecular weight excluding hydrogens is 366 g/mol. The van der Waals surface area contributed by atoms with Crippen LogP contribution in [0.5, 0.6) is 0 Å². The summed E-state index contributed by atoms with van der Waals surface area (Å²) in [6, 6.07) is 8.48. The zero-order valence-electron chi connectivity index (χ0n) is 16.8. The van der Waals surface area contributed by atoms with Crippen molar-refractivity contribution in [1.29, 1.82) is 0 Å². The molecule has 5 rings (SSSR count). The highest BCUT2D eigenvalue weighted by Gasteiger charge is 2.23. The van der Waals surface area contributed by atoms with E-state index in [9.17, 15) is 0 Å². The van der Waals surface area contributed by atoms with Gasteiger partial charge in [0.2, 0.25) is 0 Å². The molecule has 148 valence electrons. The van der Waals surface area contributed by atoms with Crippen LogP contribution in [0.25, 0.3) is 28.2 Å². The number of anilines is 1. The summed E-state index contributed by atoms with van der Waals surface area (Å²) in [5.41, 5.74) is 5.77. The Morgan fingerprint density at radius 1 is 1.10 bits per heavy atom. The molecule has 1 fully saturated rings. The molecule has 0 spiro atoms. The van der Waals surface area contributed by atoms with Crippen LogP contribution in [0.2, 0.25) is 0 Å². The van der Waals surface area contributed by atoms with Gasteiger partial charge in [-0.1, -0.05) is 6.07 Å². The number of imidazole rings is 1. The molecule has 1 atom stereocenters. The molecule has 8 nitrogen and oxygen atoms in total. The van der Waals surface area contributed by atoms with E-state index in [1.807, 2.05) is 42.9 Å². The van der Waals surface area contributed by atoms with Gasteiger partial charge in [-0.15, -0.1) is 5.10 Å². The molecule has 1 N–H and O–H groups in total. The lowest BCUT2D eigenvalue weighted by molar-refractivity contribution is 0.0984. The van der Waals surface area contributed by atoms with Crippen LogP contribution in [0.3, 0.4) is 0 Å². The summed E-state index contributed by atoms with van der Waals surface area (Å²) in [6.45, 7) is 8.29. The van der Waals surface area contributed by atoms with Gasteiger partial charge in [0.25, 0.3) is 0 Å². The predicted octanol–water partition coefficient (Wildman–Crippen LogP) is 3.02. The monoisotopic (exact) mass is 389 g/mol. The number of morpholine rings is 1. The number of ether oxygens (including phenoxy) is 1. The number of fused-ring (bicyclic) bond motifs is 1. The molecule has 5 heterocycles. The van der Waals surface area contributed by atoms with Crippen LogP contribution in [-0.2, 0) is 4.74 Å². The summed E-state index contributed by atoms with van der Waals surface area (Å²) >= 11 is 0. The molecule has 0 radical (unpaired) electrons. The van der Waals surface area contributed by atoms with E-state index in [-0.39, 0.29) is 6.04 Å². The zero-order valence-corrected chi connectivity index (χ0v) is 16.8. The second-order valence-corrected chi connectivity index (χ2v) is 7.52. The maximum atomic E-state index is 5.62. The van der Waals surface area contributed by atoms with Gasteiger partial charge in [-0.05, 0) is 39.0 Å². The molecule has 4 aromatic heterocycles. The van der Waals surface area contributed by atoms with Crippen molar-refractivity contribution in [3.63, 3.8) is 0 Å². The topological polar surface area (TPSA) is 84.2 Å². The molecule has 0 saturated carbocycles. The Balaban J connectivity index is 1.73. The third-order valence-electron chi connectivity index (χ3n) is 5.32. The number of aromatic nitrogens is 6. The lowest BCUT2D eigenvalue weighted by Gasteiger charge is -2.34. The number of rotatable bonds is 3. The van der Waals surface area contributed by atoms with Gasteiger partial charge < -0.3 is 9.64 Å². The summed E-state index contributed by atoms with van der Waals surface area (Å²) < 4.78 is 7.52. The molecule has 29 heavy (non-hydrogen) atoms. The maximum Gasteiger partial charge on any atom is 0.179 e. The third kappa shape index (κ3) is 3.15. The number of pyridine rings is 1. The molecule has 8 heteroatoms. The van der Waals surface area contributed by atoms with E-state index in [0.717, 1.165) is 51.9 Å². The summed E-state index contributed by atoms with van der Waals surface area (Å²) in [5, 5.41) is 12.3. The standard InChI is InChI=1S/C21H23N7O/c1-13-4-5-16(10-22-13)17-9-20(27-6-7-29-12-15(27)3)26-28-19(17)11-23-21(28)18-8-14(2)24-25-18/h4-5,8-11,15H,6-7,12H2,1-3H3,(H,24,25)/t15-/m1/s1. The zero-order chi connectivity index (χ0) is 20.0. The highest BCUT2D eigenvalue weighted by molar-refractivity contribution is 5.82. The average molecular weight is 389 g/mol. The van der Waals surface area contributed by atoms with E-state index < -0.39 is 0 Å². The Hall–Kier alpha value is -3.26. The summed E-state index contributed by atoms with van der Waals surface area (Å²) in [6.07, 6.45) is 3.77. The van der Waals surface area contributed by atoms with Crippen LogP contribution in [0, 0.1) is 13.8 Å². The minimum atomic E-state index is 0.249. The summed E-state index contributed by atoms with van der Waals surface area (Å²) in [4.78, 5) is 11.4. The summed E-state index contributed by atoms with van der Waals surface area (Å²) in [7, 11) is 0. The molecule has 0 unspecified atom stereocenters. The SMILES string of the molecule is Cc1ccc(-c2cc(N3CCOC[C@H]3C)nn3c(-c4cc(C)n[nH]4)ncc23)cn1. The number of aryl methyl sites for hydroxylation is 2. The molecule has 0 aliphatic carbocycles. The minimum Gasteiger partial charge on any atom is -0.377 e. The number of nitrogens with one attached hydrogen (secondary N) is 1. The fraction of sp³-hybridized carbons (Fsp3) is 0.333. The van der Waals surface area contributed by atoms with E-state index in [2.05, 4.69) is 44.1 Å². The van der Waals surface area contributed by atoms with Crippen molar-refractivity contribution >= 4 is 11.3 Å². The highest BCUT2D eigenvalue weighted by atomic mass is 16.5. The summed E-state index contributed by atoms with van der Waals surface area (Å²) in [5.74, 6) is 1.64. The molecule has 4 aromatic rings. The lowest BCUT2D eigenvalue weighted by Crippen LogP contribution is -2.44. The first kappa shape index (κ1) is 17.8. The normalized spacial score (nSPS) is 17.2. The van der Waals surface area contributed by atoms with Crippen LogP contribution in [0.1, 0.15) is 18.3 Å². The van der Waals surface area contributed by atoms with E-state index in [4.69, 9.17) is 9.84 Å². The number of aromatic amines is 1. The minimum absolute atomic E-state index is 0.249. The largest absolute Gasteiger partial charge is 0.377 e. The Labute approximate surface area is 168 Å². The lowest BCUT2D eigenvalue weighted by atomic mass is 10.1. The van der Waals surface area contributed by atoms with E-state index in [1.54, 1.807) is 0 Å². The Bertz CT molecular complexity index is 1160. The van der Waals surface area contributed by atoms with Crippen LogP contribution < -0.4 is 4.90 Å². The van der Waals surface area contributed by atoms with Crippen molar-refractivity contribution in [2.75, 3.05) is 24.7 Å². The van der Waals surface area contributed by atoms with Gasteiger partial charge in [0.1, 0.15) is 5.69 Å². The smallest absolute Gasteiger partial charge is 0.179 e. The van der Waals surface area contributed by atoms with E-state index in [1.165, 1.54) is 0 Å². The van der Waals surface area contributed by atoms with Crippen molar-refractivity contribution in [3.05, 3.63) is 48.0 Å². The first-order valence-electron chi connectivity index (χ1n) is 9.79. The first-order chi connectivity index (χ1) is 14.1. The van der Waals surface area contributed by atoms with Crippen molar-refractivity contribution in [3.8, 4) is 22.6 Å². The van der Waals surface area contributed by atoms with Crippen LogP contribution in [0.15, 0.2) is 36.7 Å². The van der Waals surface area contributed by atoms with Crippen LogP contribution >= 0.6 is 0 Å². The van der Waals surface area contributed by atoms with Gasteiger partial charge in [-0.25, -0.2) is 9.50 Å². The van der Waals surface area contributed by atoms with E-state index in [0.29, 0.717) is 13.2 Å². The van der Waals surface area contributed by atoms with Gasteiger partial charge in [0, 0.05) is 29.6 Å². The van der Waals surface area contributed by atoms with Crippen molar-refractivity contribution < 1.29 is 4.74 Å². The number of hydrogen-bond donors (Lipinski definition) is 1. The van der Waals surface area contributed by atoms with Crippen molar-refractivity contribution in [2.24, 2.45) is 0 Å². The van der Waals surface area contributed by atoms with E-state index >= 15 is 0 Å². The number of hydrogen-bond acceptors (Lipinski definition) is 6. The van der Waals surface area contributed by atoms with Crippen LogP contribution in [-0.4, -0.2) is 55.6 Å². The Morgan fingerprint density at radius 3 is 2.72 bits per heavy atom. The van der Waals surface area contributed by atoms with Gasteiger partial charge in [0.05, 0.1) is 36.7 Å². The maximum absolute atomic E-state index is 5.62. The Kier molecular flexibility index (Phi) is 4.28. The highest BCUT2D eigenvalue weighted by Crippen LogP contribution is 2.31. The average Bonchev–Trinajstić information content (AvgIpc) is 3.34. The molecule has 0 aromatic carbocycles. The van der Waals surface area contributed by atoms with Gasteiger partial charge >= 0.3 is 0 Å². The predicted molar refractivity (Wildman–Crippen MR) is 111 cm³/mol. The fourth-order valence-electron chi connectivity index (χ4n) is 3.75. The molecule has 1 aliphatic heterocycles. The number of nitrogens with zero attached hydrogens (tertiary/aromatic N) is 6. The van der Waals surface area contributed by atoms with Gasteiger partial charge in [0.15, 0.2) is 11.6 Å². The molecule has 1 saturated heterocycles. The number of H-pyrrole nitrogens is 1. The molecule has 0 amide bonds. The van der Waals surface area contributed by atoms with Crippen LogP contribution in [0.4, 0.5) is 5.82 Å². The fourth-order valence-corrected chi connectivity index (χ4v) is 3.75.